The number of amides is 2. The van der Waals surface area contributed by atoms with E-state index in [1.54, 1.807) is 12.4 Å². The molecule has 29 heavy (non-hydrogen) atoms. The lowest BCUT2D eigenvalue weighted by atomic mass is 10.1. The van der Waals surface area contributed by atoms with Crippen molar-refractivity contribution in [3.05, 3.63) is 60.4 Å². The van der Waals surface area contributed by atoms with Crippen LogP contribution in [0.25, 0.3) is 10.9 Å². The summed E-state index contributed by atoms with van der Waals surface area (Å²) in [5.41, 5.74) is 1.51. The van der Waals surface area contributed by atoms with E-state index < -0.39 is 5.25 Å². The van der Waals surface area contributed by atoms with Crippen LogP contribution in [0.15, 0.2) is 54.9 Å². The summed E-state index contributed by atoms with van der Waals surface area (Å²) in [6.45, 7) is 1.21. The van der Waals surface area contributed by atoms with Crippen LogP contribution in [0.1, 0.15) is 10.8 Å². The molecule has 3 aromatic rings. The van der Waals surface area contributed by atoms with Crippen molar-refractivity contribution in [3.63, 3.8) is 0 Å². The highest BCUT2D eigenvalue weighted by atomic mass is 32.2. The number of pyridine rings is 2. The number of fused-ring (bicyclic) bond motifs is 1. The molecule has 1 fully saturated rings. The Morgan fingerprint density at radius 3 is 2.76 bits per heavy atom. The van der Waals surface area contributed by atoms with Crippen LogP contribution in [0.5, 0.6) is 5.75 Å². The van der Waals surface area contributed by atoms with Crippen molar-refractivity contribution in [2.45, 2.75) is 5.25 Å². The van der Waals surface area contributed by atoms with E-state index in [1.165, 1.54) is 7.05 Å². The van der Waals surface area contributed by atoms with E-state index in [0.29, 0.717) is 13.2 Å². The van der Waals surface area contributed by atoms with Crippen molar-refractivity contribution in [2.75, 3.05) is 32.1 Å². The van der Waals surface area contributed by atoms with Gasteiger partial charge in [0.2, 0.25) is 5.91 Å². The van der Waals surface area contributed by atoms with Crippen molar-refractivity contribution in [3.8, 4) is 5.75 Å². The van der Waals surface area contributed by atoms with Gasteiger partial charge in [-0.2, -0.15) is 0 Å². The fraction of sp³-hybridized carbons (Fsp3) is 0.238. The Hall–Kier alpha value is -3.13. The second-order valence-electron chi connectivity index (χ2n) is 6.74. The average molecular weight is 408 g/mol. The first kappa shape index (κ1) is 19.2. The summed E-state index contributed by atoms with van der Waals surface area (Å²) in [5.74, 6) is 1.42. The summed E-state index contributed by atoms with van der Waals surface area (Å²) >= 11 is 1.02. The lowest BCUT2D eigenvalue weighted by Gasteiger charge is -2.18. The van der Waals surface area contributed by atoms with Gasteiger partial charge in [-0.05, 0) is 47.7 Å². The third-order valence-corrected chi connectivity index (χ3v) is 5.95. The minimum Gasteiger partial charge on any atom is -0.492 e. The number of likely N-dealkylation sites (N-methyl/N-ethyl adjacent to an activating group) is 2. The van der Waals surface area contributed by atoms with E-state index >= 15 is 0 Å². The van der Waals surface area contributed by atoms with Gasteiger partial charge >= 0.3 is 0 Å². The molecular formula is C21H20N4O3S. The van der Waals surface area contributed by atoms with Gasteiger partial charge in [-0.3, -0.25) is 19.5 Å². The van der Waals surface area contributed by atoms with Crippen LogP contribution in [-0.2, 0) is 4.79 Å². The number of anilines is 1. The molecule has 0 aliphatic carbocycles. The molecule has 1 aliphatic heterocycles. The number of imide groups is 1. The van der Waals surface area contributed by atoms with Gasteiger partial charge in [0.1, 0.15) is 23.4 Å². The summed E-state index contributed by atoms with van der Waals surface area (Å²) < 4.78 is 5.86. The highest BCUT2D eigenvalue weighted by Crippen LogP contribution is 2.39. The average Bonchev–Trinajstić information content (AvgIpc) is 3.01. The monoisotopic (exact) mass is 408 g/mol. The lowest BCUT2D eigenvalue weighted by molar-refractivity contribution is -0.125. The standard InChI is InChI=1S/C21H20N4O3S/c1-24(18-5-3-4-8-22-18)9-10-28-16-7-6-14-11-15(13-23-17(14)12-16)19-20(26)25(2)21(27)29-19/h3-8,11-13,19H,9-10H2,1-2H3. The van der Waals surface area contributed by atoms with Gasteiger partial charge in [0.05, 0.1) is 12.1 Å². The smallest absolute Gasteiger partial charge is 0.289 e. The summed E-state index contributed by atoms with van der Waals surface area (Å²) in [7, 11) is 3.47. The Bertz CT molecular complexity index is 1060. The Morgan fingerprint density at radius 1 is 1.17 bits per heavy atom. The summed E-state index contributed by atoms with van der Waals surface area (Å²) in [4.78, 5) is 35.9. The van der Waals surface area contributed by atoms with Gasteiger partial charge in [0.25, 0.3) is 5.24 Å². The SMILES string of the molecule is CN1C(=O)SC(c2cnc3cc(OCCN(C)c4ccccn4)ccc3c2)C1=O. The maximum absolute atomic E-state index is 12.2. The first-order chi connectivity index (χ1) is 14.0. The number of thioether (sulfide) groups is 1. The molecule has 0 saturated carbocycles. The van der Waals surface area contributed by atoms with Crippen LogP contribution in [0.4, 0.5) is 10.6 Å². The quantitative estimate of drug-likeness (QED) is 0.618. The molecule has 0 spiro atoms. The van der Waals surface area contributed by atoms with Gasteiger partial charge in [-0.25, -0.2) is 4.98 Å². The zero-order chi connectivity index (χ0) is 20.4. The van der Waals surface area contributed by atoms with E-state index in [4.69, 9.17) is 4.74 Å². The molecule has 1 saturated heterocycles. The Morgan fingerprint density at radius 2 is 2.03 bits per heavy atom. The second kappa shape index (κ2) is 8.08. The number of hydrogen-bond acceptors (Lipinski definition) is 7. The molecule has 7 nitrogen and oxygen atoms in total. The van der Waals surface area contributed by atoms with Crippen molar-refractivity contribution in [1.29, 1.82) is 0 Å². The molecule has 0 bridgehead atoms. The minimum absolute atomic E-state index is 0.210. The molecule has 3 heterocycles. The van der Waals surface area contributed by atoms with Gasteiger partial charge in [0, 0.05) is 37.9 Å². The number of aromatic nitrogens is 2. The normalized spacial score (nSPS) is 16.5. The maximum atomic E-state index is 12.2. The topological polar surface area (TPSA) is 75.6 Å². The molecule has 2 amide bonds. The highest BCUT2D eigenvalue weighted by molar-refractivity contribution is 8.14. The molecule has 1 unspecified atom stereocenters. The van der Waals surface area contributed by atoms with Crippen LogP contribution in [0.2, 0.25) is 0 Å². The van der Waals surface area contributed by atoms with Crippen LogP contribution in [0.3, 0.4) is 0 Å². The predicted octanol–water partition coefficient (Wildman–Crippen LogP) is 3.51. The van der Waals surface area contributed by atoms with E-state index in [2.05, 4.69) is 9.97 Å². The van der Waals surface area contributed by atoms with E-state index in [1.807, 2.05) is 54.4 Å². The number of nitrogens with zero attached hydrogens (tertiary/aromatic N) is 4. The van der Waals surface area contributed by atoms with E-state index in [-0.39, 0.29) is 11.1 Å². The Labute approximate surface area is 172 Å². The molecular weight excluding hydrogens is 388 g/mol. The minimum atomic E-state index is -0.526. The van der Waals surface area contributed by atoms with Crippen LogP contribution >= 0.6 is 11.8 Å². The number of rotatable bonds is 6. The molecule has 0 N–H and O–H groups in total. The largest absolute Gasteiger partial charge is 0.492 e. The van der Waals surface area contributed by atoms with Crippen LogP contribution in [0, 0.1) is 0 Å². The molecule has 1 aliphatic rings. The van der Waals surface area contributed by atoms with Crippen LogP contribution < -0.4 is 9.64 Å². The van der Waals surface area contributed by atoms with Crippen LogP contribution in [-0.4, -0.2) is 53.3 Å². The molecule has 148 valence electrons. The van der Waals surface area contributed by atoms with Crippen molar-refractivity contribution < 1.29 is 14.3 Å². The summed E-state index contributed by atoms with van der Waals surface area (Å²) in [6, 6.07) is 13.4. The van der Waals surface area contributed by atoms with Gasteiger partial charge < -0.3 is 9.64 Å². The summed E-state index contributed by atoms with van der Waals surface area (Å²) in [6.07, 6.45) is 3.42. The zero-order valence-corrected chi connectivity index (χ0v) is 16.9. The molecule has 1 aromatic carbocycles. The molecule has 2 aromatic heterocycles. The zero-order valence-electron chi connectivity index (χ0n) is 16.1. The maximum Gasteiger partial charge on any atom is 0.289 e. The van der Waals surface area contributed by atoms with Crippen molar-refractivity contribution in [2.24, 2.45) is 0 Å². The highest BCUT2D eigenvalue weighted by Gasteiger charge is 2.38. The number of benzene rings is 1. The lowest BCUT2D eigenvalue weighted by Crippen LogP contribution is -2.24. The molecule has 0 radical (unpaired) electrons. The first-order valence-electron chi connectivity index (χ1n) is 9.16. The van der Waals surface area contributed by atoms with Gasteiger partial charge in [0.15, 0.2) is 0 Å². The number of carbonyl (C=O) groups excluding carboxylic acids is 2. The predicted molar refractivity (Wildman–Crippen MR) is 113 cm³/mol. The Kier molecular flexibility index (Phi) is 5.35. The number of carbonyl (C=O) groups is 2. The second-order valence-corrected chi connectivity index (χ2v) is 7.80. The van der Waals surface area contributed by atoms with Gasteiger partial charge in [-0.1, -0.05) is 6.07 Å². The number of ether oxygens (including phenoxy) is 1. The van der Waals surface area contributed by atoms with Crippen molar-refractivity contribution in [1.82, 2.24) is 14.9 Å². The summed E-state index contributed by atoms with van der Waals surface area (Å²) in [5, 5.41) is 0.137. The van der Waals surface area contributed by atoms with Crippen molar-refractivity contribution >= 4 is 39.6 Å². The van der Waals surface area contributed by atoms with E-state index in [9.17, 15) is 9.59 Å². The molecule has 4 rings (SSSR count). The Balaban J connectivity index is 1.42. The third-order valence-electron chi connectivity index (χ3n) is 4.76. The third kappa shape index (κ3) is 4.02. The number of hydrogen-bond donors (Lipinski definition) is 0. The molecule has 8 heteroatoms. The fourth-order valence-corrected chi connectivity index (χ4v) is 4.03. The first-order valence-corrected chi connectivity index (χ1v) is 10.0. The van der Waals surface area contributed by atoms with Gasteiger partial charge in [-0.15, -0.1) is 0 Å². The van der Waals surface area contributed by atoms with E-state index in [0.717, 1.165) is 44.7 Å². The fourth-order valence-electron chi connectivity index (χ4n) is 3.05. The molecule has 1 atom stereocenters.